The van der Waals surface area contributed by atoms with E-state index in [2.05, 4.69) is 26.6 Å². The SMILES string of the molecule is CCC(C)C(N)C(=O)NCC(=O)Nc1cc(Br)ccc1C. The molecule has 0 radical (unpaired) electrons. The zero-order valence-electron chi connectivity index (χ0n) is 12.6. The van der Waals surface area contributed by atoms with E-state index in [4.69, 9.17) is 5.73 Å². The van der Waals surface area contributed by atoms with Gasteiger partial charge in [-0.25, -0.2) is 0 Å². The van der Waals surface area contributed by atoms with Gasteiger partial charge in [0.1, 0.15) is 0 Å². The summed E-state index contributed by atoms with van der Waals surface area (Å²) in [5.74, 6) is -0.494. The number of rotatable bonds is 6. The van der Waals surface area contributed by atoms with E-state index in [0.717, 1.165) is 22.1 Å². The molecule has 0 heterocycles. The van der Waals surface area contributed by atoms with E-state index in [1.54, 1.807) is 0 Å². The monoisotopic (exact) mass is 355 g/mol. The highest BCUT2D eigenvalue weighted by Crippen LogP contribution is 2.20. The van der Waals surface area contributed by atoms with Crippen LogP contribution in [0.4, 0.5) is 5.69 Å². The van der Waals surface area contributed by atoms with Gasteiger partial charge in [-0.1, -0.05) is 42.3 Å². The molecule has 0 fully saturated rings. The van der Waals surface area contributed by atoms with Gasteiger partial charge in [-0.05, 0) is 30.5 Å². The van der Waals surface area contributed by atoms with E-state index >= 15 is 0 Å². The Morgan fingerprint density at radius 3 is 2.67 bits per heavy atom. The van der Waals surface area contributed by atoms with E-state index in [0.29, 0.717) is 0 Å². The minimum absolute atomic E-state index is 0.0837. The van der Waals surface area contributed by atoms with Gasteiger partial charge in [0.05, 0.1) is 12.6 Å². The number of anilines is 1. The molecule has 0 bridgehead atoms. The number of carbonyl (C=O) groups is 2. The van der Waals surface area contributed by atoms with Crippen LogP contribution in [0.15, 0.2) is 22.7 Å². The molecule has 0 aliphatic heterocycles. The normalized spacial score (nSPS) is 13.4. The Hall–Kier alpha value is -1.40. The number of carbonyl (C=O) groups excluding carboxylic acids is 2. The molecule has 0 aliphatic carbocycles. The number of aryl methyl sites for hydroxylation is 1. The van der Waals surface area contributed by atoms with E-state index in [1.807, 2.05) is 39.0 Å². The maximum absolute atomic E-state index is 11.9. The first kappa shape index (κ1) is 17.7. The molecule has 2 amide bonds. The summed E-state index contributed by atoms with van der Waals surface area (Å²) in [5.41, 5.74) is 7.47. The third kappa shape index (κ3) is 5.47. The molecule has 2 atom stereocenters. The van der Waals surface area contributed by atoms with Crippen LogP contribution < -0.4 is 16.4 Å². The zero-order chi connectivity index (χ0) is 16.0. The molecule has 0 aromatic heterocycles. The van der Waals surface area contributed by atoms with Gasteiger partial charge in [0, 0.05) is 10.2 Å². The first-order valence-electron chi connectivity index (χ1n) is 6.94. The van der Waals surface area contributed by atoms with Crippen LogP contribution in [-0.2, 0) is 9.59 Å². The van der Waals surface area contributed by atoms with Crippen LogP contribution in [0, 0.1) is 12.8 Å². The highest BCUT2D eigenvalue weighted by atomic mass is 79.9. The summed E-state index contributed by atoms with van der Waals surface area (Å²) in [5, 5.41) is 5.33. The molecule has 5 nitrogen and oxygen atoms in total. The summed E-state index contributed by atoms with van der Waals surface area (Å²) in [6, 6.07) is 5.03. The number of amides is 2. The molecule has 1 rings (SSSR count). The summed E-state index contributed by atoms with van der Waals surface area (Å²) in [6.07, 6.45) is 0.817. The third-order valence-electron chi connectivity index (χ3n) is 3.46. The number of nitrogens with two attached hydrogens (primary N) is 1. The second-order valence-electron chi connectivity index (χ2n) is 5.14. The van der Waals surface area contributed by atoms with Crippen molar-refractivity contribution in [3.8, 4) is 0 Å². The van der Waals surface area contributed by atoms with Crippen molar-refractivity contribution in [2.24, 2.45) is 11.7 Å². The first-order chi connectivity index (χ1) is 9.85. The van der Waals surface area contributed by atoms with Crippen molar-refractivity contribution in [1.82, 2.24) is 5.32 Å². The van der Waals surface area contributed by atoms with E-state index in [1.165, 1.54) is 0 Å². The Labute approximate surface area is 133 Å². The lowest BCUT2D eigenvalue weighted by Crippen LogP contribution is -2.46. The molecule has 1 aromatic rings. The lowest BCUT2D eigenvalue weighted by atomic mass is 9.99. The Kier molecular flexibility index (Phi) is 6.84. The van der Waals surface area contributed by atoms with Crippen LogP contribution in [0.25, 0.3) is 0 Å². The van der Waals surface area contributed by atoms with Gasteiger partial charge in [0.2, 0.25) is 11.8 Å². The number of halogens is 1. The smallest absolute Gasteiger partial charge is 0.243 e. The summed E-state index contributed by atoms with van der Waals surface area (Å²) >= 11 is 3.35. The Morgan fingerprint density at radius 2 is 2.05 bits per heavy atom. The summed E-state index contributed by atoms with van der Waals surface area (Å²) in [6.45, 7) is 5.70. The van der Waals surface area contributed by atoms with Crippen molar-refractivity contribution in [3.05, 3.63) is 28.2 Å². The molecule has 0 spiro atoms. The topological polar surface area (TPSA) is 84.2 Å². The van der Waals surface area contributed by atoms with Crippen LogP contribution in [0.5, 0.6) is 0 Å². The summed E-state index contributed by atoms with van der Waals surface area (Å²) in [7, 11) is 0. The second-order valence-corrected chi connectivity index (χ2v) is 6.05. The van der Waals surface area contributed by atoms with Gasteiger partial charge in [-0.3, -0.25) is 9.59 Å². The molecule has 21 heavy (non-hydrogen) atoms. The van der Waals surface area contributed by atoms with Crippen molar-refractivity contribution in [2.45, 2.75) is 33.2 Å². The van der Waals surface area contributed by atoms with Crippen LogP contribution in [0.3, 0.4) is 0 Å². The molecule has 0 aliphatic rings. The second kappa shape index (κ2) is 8.14. The molecule has 0 saturated carbocycles. The molecular weight excluding hydrogens is 334 g/mol. The zero-order valence-corrected chi connectivity index (χ0v) is 14.2. The van der Waals surface area contributed by atoms with E-state index in [-0.39, 0.29) is 24.3 Å². The molecule has 116 valence electrons. The lowest BCUT2D eigenvalue weighted by molar-refractivity contribution is -0.125. The average Bonchev–Trinajstić information content (AvgIpc) is 2.46. The molecule has 1 aromatic carbocycles. The van der Waals surface area contributed by atoms with Crippen molar-refractivity contribution in [1.29, 1.82) is 0 Å². The Balaban J connectivity index is 2.51. The van der Waals surface area contributed by atoms with Crippen molar-refractivity contribution >= 4 is 33.4 Å². The molecule has 0 saturated heterocycles. The van der Waals surface area contributed by atoms with Crippen molar-refractivity contribution in [3.63, 3.8) is 0 Å². The number of hydrogen-bond acceptors (Lipinski definition) is 3. The highest BCUT2D eigenvalue weighted by Gasteiger charge is 2.19. The van der Waals surface area contributed by atoms with Crippen molar-refractivity contribution < 1.29 is 9.59 Å². The fraction of sp³-hybridized carbons (Fsp3) is 0.467. The van der Waals surface area contributed by atoms with Crippen LogP contribution in [-0.4, -0.2) is 24.4 Å². The predicted molar refractivity (Wildman–Crippen MR) is 87.9 cm³/mol. The van der Waals surface area contributed by atoms with Crippen LogP contribution >= 0.6 is 15.9 Å². The largest absolute Gasteiger partial charge is 0.346 e. The fourth-order valence-corrected chi connectivity index (χ4v) is 2.08. The van der Waals surface area contributed by atoms with E-state index in [9.17, 15) is 9.59 Å². The third-order valence-corrected chi connectivity index (χ3v) is 3.95. The average molecular weight is 356 g/mol. The summed E-state index contributed by atoms with van der Waals surface area (Å²) in [4.78, 5) is 23.7. The maximum Gasteiger partial charge on any atom is 0.243 e. The fourth-order valence-electron chi connectivity index (χ4n) is 1.72. The van der Waals surface area contributed by atoms with Gasteiger partial charge in [-0.2, -0.15) is 0 Å². The number of hydrogen-bond donors (Lipinski definition) is 3. The number of nitrogens with one attached hydrogen (secondary N) is 2. The lowest BCUT2D eigenvalue weighted by Gasteiger charge is -2.17. The Morgan fingerprint density at radius 1 is 1.38 bits per heavy atom. The maximum atomic E-state index is 11.9. The van der Waals surface area contributed by atoms with Gasteiger partial charge in [0.25, 0.3) is 0 Å². The van der Waals surface area contributed by atoms with Gasteiger partial charge in [0.15, 0.2) is 0 Å². The highest BCUT2D eigenvalue weighted by molar-refractivity contribution is 9.10. The van der Waals surface area contributed by atoms with Crippen LogP contribution in [0.2, 0.25) is 0 Å². The quantitative estimate of drug-likeness (QED) is 0.731. The summed E-state index contributed by atoms with van der Waals surface area (Å²) < 4.78 is 0.881. The van der Waals surface area contributed by atoms with Crippen LogP contribution in [0.1, 0.15) is 25.8 Å². The minimum Gasteiger partial charge on any atom is -0.346 e. The van der Waals surface area contributed by atoms with Gasteiger partial charge in [-0.15, -0.1) is 0 Å². The minimum atomic E-state index is -0.588. The molecular formula is C15H22BrN3O2. The van der Waals surface area contributed by atoms with Gasteiger partial charge >= 0.3 is 0 Å². The number of benzene rings is 1. The molecule has 4 N–H and O–H groups in total. The molecule has 6 heteroatoms. The molecule has 2 unspecified atom stereocenters. The van der Waals surface area contributed by atoms with Gasteiger partial charge < -0.3 is 16.4 Å². The first-order valence-corrected chi connectivity index (χ1v) is 7.73. The van der Waals surface area contributed by atoms with Crippen molar-refractivity contribution in [2.75, 3.05) is 11.9 Å². The predicted octanol–water partition coefficient (Wildman–Crippen LogP) is 2.19. The van der Waals surface area contributed by atoms with E-state index < -0.39 is 6.04 Å². The Bertz CT molecular complexity index is 520. The standard InChI is InChI=1S/C15H22BrN3O2/c1-4-9(2)14(17)15(21)18-8-13(20)19-12-7-11(16)6-5-10(12)3/h5-7,9,14H,4,8,17H2,1-3H3,(H,18,21)(H,19,20).